The van der Waals surface area contributed by atoms with Crippen LogP contribution in [0.25, 0.3) is 0 Å². The maximum absolute atomic E-state index is 12.7. The van der Waals surface area contributed by atoms with Crippen molar-refractivity contribution in [2.24, 2.45) is 0 Å². The molecule has 0 aromatic carbocycles. The van der Waals surface area contributed by atoms with E-state index in [2.05, 4.69) is 25.9 Å². The zero-order chi connectivity index (χ0) is 41.7. The van der Waals surface area contributed by atoms with Crippen LogP contribution in [0.1, 0.15) is 101 Å². The molecule has 1 aromatic heterocycles. The summed E-state index contributed by atoms with van der Waals surface area (Å²) >= 11 is 0. The summed E-state index contributed by atoms with van der Waals surface area (Å²) in [6.45, 7) is 17.2. The van der Waals surface area contributed by atoms with Crippen molar-refractivity contribution >= 4 is 35.5 Å². The molecule has 7 N–H and O–H groups in total. The van der Waals surface area contributed by atoms with Crippen LogP contribution in [0.15, 0.2) is 0 Å². The van der Waals surface area contributed by atoms with Crippen molar-refractivity contribution in [3.05, 3.63) is 11.4 Å². The number of carbonyl (C=O) groups is 4. The monoisotopic (exact) mass is 801 g/mol. The van der Waals surface area contributed by atoms with E-state index < -0.39 is 29.3 Å². The SMILES string of the molecule is CC(C)(C)OC(=O)NCCCOCCOCCOCCCCC(=O)c1nc(N)c(C(=O)NCCCOCCOCCOCCCNC(=O)OC(C)(C)C)nc1N. The molecule has 0 bridgehead atoms. The van der Waals surface area contributed by atoms with Crippen molar-refractivity contribution in [3.63, 3.8) is 0 Å². The lowest BCUT2D eigenvalue weighted by molar-refractivity contribution is 0.0133. The predicted octanol–water partition coefficient (Wildman–Crippen LogP) is 3.04. The van der Waals surface area contributed by atoms with Gasteiger partial charge in [-0.15, -0.1) is 0 Å². The van der Waals surface area contributed by atoms with Crippen molar-refractivity contribution in [2.45, 2.75) is 91.3 Å². The molecule has 0 aliphatic rings. The Bertz CT molecular complexity index is 1180. The van der Waals surface area contributed by atoms with E-state index in [1.807, 2.05) is 41.5 Å². The molecule has 1 heterocycles. The number of anilines is 2. The normalized spacial score (nSPS) is 11.6. The number of ketones is 1. The molecule has 56 heavy (non-hydrogen) atoms. The van der Waals surface area contributed by atoms with Gasteiger partial charge in [0, 0.05) is 52.5 Å². The van der Waals surface area contributed by atoms with E-state index in [1.54, 1.807) is 0 Å². The zero-order valence-electron chi connectivity index (χ0n) is 34.3. The highest BCUT2D eigenvalue weighted by molar-refractivity contribution is 6.01. The number of alkyl carbamates (subject to hydrolysis) is 2. The van der Waals surface area contributed by atoms with E-state index in [-0.39, 0.29) is 35.2 Å². The summed E-state index contributed by atoms with van der Waals surface area (Å²) in [4.78, 5) is 56.5. The molecule has 3 amide bonds. The van der Waals surface area contributed by atoms with Gasteiger partial charge in [0.25, 0.3) is 5.91 Å². The van der Waals surface area contributed by atoms with Crippen LogP contribution in [-0.4, -0.2) is 144 Å². The van der Waals surface area contributed by atoms with Gasteiger partial charge in [-0.25, -0.2) is 19.6 Å². The molecule has 0 radical (unpaired) electrons. The molecule has 1 rings (SSSR count). The molecule has 0 spiro atoms. The van der Waals surface area contributed by atoms with E-state index in [9.17, 15) is 19.2 Å². The summed E-state index contributed by atoms with van der Waals surface area (Å²) < 4.78 is 43.3. The van der Waals surface area contributed by atoms with E-state index in [0.717, 1.165) is 0 Å². The highest BCUT2D eigenvalue weighted by Crippen LogP contribution is 2.16. The Hall–Kier alpha value is -3.88. The Morgan fingerprint density at radius 3 is 1.23 bits per heavy atom. The topological polar surface area (TPSA) is 256 Å². The third kappa shape index (κ3) is 27.7. The minimum Gasteiger partial charge on any atom is -0.444 e. The smallest absolute Gasteiger partial charge is 0.407 e. The van der Waals surface area contributed by atoms with Gasteiger partial charge >= 0.3 is 12.2 Å². The Balaban J connectivity index is 2.04. The van der Waals surface area contributed by atoms with Gasteiger partial charge in [0.05, 0.1) is 52.9 Å². The summed E-state index contributed by atoms with van der Waals surface area (Å²) in [5.74, 6) is -1.22. The Labute approximate surface area is 331 Å². The first-order valence-electron chi connectivity index (χ1n) is 19.2. The highest BCUT2D eigenvalue weighted by Gasteiger charge is 2.20. The van der Waals surface area contributed by atoms with E-state index >= 15 is 0 Å². The summed E-state index contributed by atoms with van der Waals surface area (Å²) in [5.41, 5.74) is 10.6. The lowest BCUT2D eigenvalue weighted by atomic mass is 10.1. The fourth-order valence-electron chi connectivity index (χ4n) is 4.34. The third-order valence-corrected chi connectivity index (χ3v) is 6.88. The number of unbranched alkanes of at least 4 members (excludes halogenated alkanes) is 1. The Morgan fingerprint density at radius 1 is 0.482 bits per heavy atom. The number of ether oxygens (including phenoxy) is 8. The van der Waals surface area contributed by atoms with Gasteiger partial charge in [-0.3, -0.25) is 9.59 Å². The van der Waals surface area contributed by atoms with E-state index in [4.69, 9.17) is 49.4 Å². The number of nitrogens with zero attached hydrogens (tertiary/aromatic N) is 2. The third-order valence-electron chi connectivity index (χ3n) is 6.88. The van der Waals surface area contributed by atoms with Gasteiger partial charge in [0.2, 0.25) is 0 Å². The number of hydrogen-bond acceptors (Lipinski definition) is 16. The largest absolute Gasteiger partial charge is 0.444 e. The standard InChI is InChI=1S/C37H67N7O12/c1-36(2,3)55-34(47)41-14-10-18-51-22-26-53-24-20-49-16-8-7-12-28(45)29-31(38)44-30(32(39)43-29)33(46)40-13-9-17-50-21-25-54-27-23-52-19-11-15-42-35(48)56-37(4,5)6/h7-27H2,1-6H3,(H2,38,44)(H2,39,43)(H,40,46)(H,41,47)(H,42,48). The van der Waals surface area contributed by atoms with Gasteiger partial charge in [-0.1, -0.05) is 0 Å². The molecule has 0 aliphatic carbocycles. The van der Waals surface area contributed by atoms with Gasteiger partial charge in [-0.05, 0) is 73.6 Å². The maximum atomic E-state index is 12.7. The number of Topliss-reactive ketones (excluding diaryl/α,β-unsaturated/α-hetero) is 1. The molecule has 19 heteroatoms. The molecule has 0 saturated carbocycles. The van der Waals surface area contributed by atoms with E-state index in [0.29, 0.717) is 131 Å². The lowest BCUT2D eigenvalue weighted by Crippen LogP contribution is -2.33. The van der Waals surface area contributed by atoms with Crippen molar-refractivity contribution in [1.82, 2.24) is 25.9 Å². The summed E-state index contributed by atoms with van der Waals surface area (Å²) in [7, 11) is 0. The first-order chi connectivity index (χ1) is 26.6. The predicted molar refractivity (Wildman–Crippen MR) is 209 cm³/mol. The average Bonchev–Trinajstić information content (AvgIpc) is 3.10. The first kappa shape index (κ1) is 50.1. The maximum Gasteiger partial charge on any atom is 0.407 e. The summed E-state index contributed by atoms with van der Waals surface area (Å²) in [6, 6.07) is 0. The zero-order valence-corrected chi connectivity index (χ0v) is 34.3. The van der Waals surface area contributed by atoms with Crippen LogP contribution in [0.5, 0.6) is 0 Å². The number of nitrogens with two attached hydrogens (primary N) is 2. The molecule has 19 nitrogen and oxygen atoms in total. The lowest BCUT2D eigenvalue weighted by Gasteiger charge is -2.19. The quantitative estimate of drug-likeness (QED) is 0.0534. The van der Waals surface area contributed by atoms with Gasteiger partial charge in [-0.2, -0.15) is 0 Å². The van der Waals surface area contributed by atoms with Crippen molar-refractivity contribution in [2.75, 3.05) is 110 Å². The van der Waals surface area contributed by atoms with Crippen LogP contribution in [0.2, 0.25) is 0 Å². The molecule has 0 saturated heterocycles. The molecule has 0 aliphatic heterocycles. The van der Waals surface area contributed by atoms with Gasteiger partial charge in [0.1, 0.15) is 11.2 Å². The first-order valence-corrected chi connectivity index (χ1v) is 19.2. The van der Waals surface area contributed by atoms with Gasteiger partial charge in [0.15, 0.2) is 28.8 Å². The van der Waals surface area contributed by atoms with Crippen LogP contribution in [-0.2, 0) is 37.9 Å². The Kier molecular flexibility index (Phi) is 26.3. The minimum absolute atomic E-state index is 0.0651. The van der Waals surface area contributed by atoms with Crippen LogP contribution in [0, 0.1) is 0 Å². The molecular weight excluding hydrogens is 734 g/mol. The molecule has 0 fully saturated rings. The number of nitrogen functional groups attached to an aromatic ring is 2. The van der Waals surface area contributed by atoms with Crippen LogP contribution < -0.4 is 27.4 Å². The van der Waals surface area contributed by atoms with Crippen molar-refractivity contribution in [3.8, 4) is 0 Å². The second-order valence-electron chi connectivity index (χ2n) is 14.4. The summed E-state index contributed by atoms with van der Waals surface area (Å²) in [5, 5.41) is 8.04. The number of aromatic nitrogens is 2. The average molecular weight is 802 g/mol. The highest BCUT2D eigenvalue weighted by atomic mass is 16.6. The van der Waals surface area contributed by atoms with E-state index in [1.165, 1.54) is 0 Å². The molecule has 0 atom stereocenters. The second kappa shape index (κ2) is 29.4. The molecular formula is C37H67N7O12. The summed E-state index contributed by atoms with van der Waals surface area (Å²) in [6.07, 6.45) is 2.32. The van der Waals surface area contributed by atoms with Crippen molar-refractivity contribution < 1.29 is 57.1 Å². The van der Waals surface area contributed by atoms with Crippen LogP contribution in [0.3, 0.4) is 0 Å². The Morgan fingerprint density at radius 2 is 0.821 bits per heavy atom. The van der Waals surface area contributed by atoms with Crippen molar-refractivity contribution in [1.29, 1.82) is 0 Å². The minimum atomic E-state index is -0.553. The number of rotatable bonds is 31. The fraction of sp³-hybridized carbons (Fsp3) is 0.784. The molecule has 1 aromatic rings. The molecule has 322 valence electrons. The van der Waals surface area contributed by atoms with Gasteiger partial charge < -0.3 is 65.3 Å². The van der Waals surface area contributed by atoms with Crippen LogP contribution in [0.4, 0.5) is 21.2 Å². The fourth-order valence-corrected chi connectivity index (χ4v) is 4.34. The number of carbonyl (C=O) groups excluding carboxylic acids is 4. The van der Waals surface area contributed by atoms with Crippen LogP contribution >= 0.6 is 0 Å². The second-order valence-corrected chi connectivity index (χ2v) is 14.4. The number of amides is 3. The number of hydrogen-bond donors (Lipinski definition) is 5. The molecule has 0 unspecified atom stereocenters. The number of nitrogens with one attached hydrogen (secondary N) is 3.